The van der Waals surface area contributed by atoms with E-state index in [1.807, 2.05) is 0 Å². The number of carboxylic acid groups (broad SMARTS) is 1. The average Bonchev–Trinajstić information content (AvgIpc) is 2.86. The average molecular weight is 288 g/mol. The topological polar surface area (TPSA) is 125 Å². The summed E-state index contributed by atoms with van der Waals surface area (Å²) in [6, 6.07) is 1.49. The van der Waals surface area contributed by atoms with E-state index in [0.717, 1.165) is 16.8 Å². The van der Waals surface area contributed by atoms with E-state index in [9.17, 15) is 13.2 Å². The Labute approximate surface area is 106 Å². The first-order valence-corrected chi connectivity index (χ1v) is 6.98. The van der Waals surface area contributed by atoms with Crippen LogP contribution in [0.3, 0.4) is 0 Å². The summed E-state index contributed by atoms with van der Waals surface area (Å²) in [5, 5.41) is 15.1. The van der Waals surface area contributed by atoms with Crippen molar-refractivity contribution in [3.05, 3.63) is 23.0 Å². The van der Waals surface area contributed by atoms with Crippen LogP contribution in [0, 0.1) is 6.92 Å². The third-order valence-electron chi connectivity index (χ3n) is 1.93. The minimum Gasteiger partial charge on any atom is -0.476 e. The molecule has 18 heavy (non-hydrogen) atoms. The number of rotatable bonds is 4. The quantitative estimate of drug-likeness (QED) is 0.759. The highest BCUT2D eigenvalue weighted by atomic mass is 32.2. The summed E-state index contributed by atoms with van der Waals surface area (Å²) in [5.74, 6) is -1.30. The van der Waals surface area contributed by atoms with Crippen molar-refractivity contribution < 1.29 is 18.3 Å². The van der Waals surface area contributed by atoms with Gasteiger partial charge < -0.3 is 5.11 Å². The van der Waals surface area contributed by atoms with E-state index < -0.39 is 21.7 Å². The van der Waals surface area contributed by atoms with E-state index in [0.29, 0.717) is 5.69 Å². The maximum Gasteiger partial charge on any atom is 0.356 e. The van der Waals surface area contributed by atoms with Gasteiger partial charge >= 0.3 is 5.97 Å². The second kappa shape index (κ2) is 4.38. The van der Waals surface area contributed by atoms with Gasteiger partial charge in [0.05, 0.1) is 5.51 Å². The van der Waals surface area contributed by atoms with Crippen LogP contribution in [0.2, 0.25) is 0 Å². The predicted molar refractivity (Wildman–Crippen MR) is 63.2 cm³/mol. The number of carboxylic acids is 1. The number of H-pyrrole nitrogens is 1. The lowest BCUT2D eigenvalue weighted by atomic mass is 10.5. The largest absolute Gasteiger partial charge is 0.476 e. The molecular formula is C8H8N4O4S2. The van der Waals surface area contributed by atoms with Crippen molar-refractivity contribution in [1.29, 1.82) is 0 Å². The molecule has 2 heterocycles. The number of aromatic carboxylic acids is 1. The van der Waals surface area contributed by atoms with Gasteiger partial charge in [0.1, 0.15) is 0 Å². The van der Waals surface area contributed by atoms with Crippen LogP contribution in [-0.4, -0.2) is 34.7 Å². The number of nitrogens with zero attached hydrogens (tertiary/aromatic N) is 2. The van der Waals surface area contributed by atoms with E-state index >= 15 is 0 Å². The van der Waals surface area contributed by atoms with Crippen LogP contribution in [0.4, 0.5) is 5.82 Å². The molecule has 0 saturated carbocycles. The van der Waals surface area contributed by atoms with Gasteiger partial charge in [-0.2, -0.15) is 5.10 Å². The third-order valence-corrected chi connectivity index (χ3v) is 4.65. The molecule has 0 atom stereocenters. The van der Waals surface area contributed by atoms with E-state index in [-0.39, 0.29) is 10.0 Å². The van der Waals surface area contributed by atoms with Crippen molar-refractivity contribution in [3.8, 4) is 0 Å². The number of thiazole rings is 1. The molecular weight excluding hydrogens is 280 g/mol. The Morgan fingerprint density at radius 2 is 2.28 bits per heavy atom. The monoisotopic (exact) mass is 288 g/mol. The molecule has 8 nitrogen and oxygen atoms in total. The van der Waals surface area contributed by atoms with Gasteiger partial charge in [-0.1, -0.05) is 0 Å². The molecule has 3 N–H and O–H groups in total. The van der Waals surface area contributed by atoms with Crippen molar-refractivity contribution in [1.82, 2.24) is 15.2 Å². The number of anilines is 1. The molecule has 2 aromatic rings. The number of sulfonamides is 1. The zero-order chi connectivity index (χ0) is 13.3. The molecule has 0 bridgehead atoms. The Morgan fingerprint density at radius 1 is 1.56 bits per heavy atom. The summed E-state index contributed by atoms with van der Waals surface area (Å²) in [6.07, 6.45) is 0. The van der Waals surface area contributed by atoms with Gasteiger partial charge in [0.25, 0.3) is 10.0 Å². The van der Waals surface area contributed by atoms with E-state index in [2.05, 4.69) is 19.9 Å². The minimum atomic E-state index is -3.99. The van der Waals surface area contributed by atoms with Gasteiger partial charge in [-0.05, 0) is 6.92 Å². The Balaban J connectivity index is 2.37. The molecule has 0 aromatic carbocycles. The van der Waals surface area contributed by atoms with Crippen LogP contribution in [0.25, 0.3) is 0 Å². The molecule has 0 saturated heterocycles. The second-order valence-corrected chi connectivity index (χ2v) is 6.07. The summed E-state index contributed by atoms with van der Waals surface area (Å²) < 4.78 is 25.7. The first kappa shape index (κ1) is 12.5. The van der Waals surface area contributed by atoms with Gasteiger partial charge in [-0.15, -0.1) is 11.3 Å². The number of hydrogen-bond acceptors (Lipinski definition) is 6. The highest BCUT2D eigenvalue weighted by Gasteiger charge is 2.26. The standard InChI is InChI=1S/C8H8N4O4S2/c1-4-2-5(11-10-4)12-18(15,16)8-6(7(13)14)9-3-17-8/h2-3H,1H3,(H,13,14)(H2,10,11,12). The van der Waals surface area contributed by atoms with Crippen molar-refractivity contribution in [3.63, 3.8) is 0 Å². The molecule has 96 valence electrons. The van der Waals surface area contributed by atoms with Crippen LogP contribution >= 0.6 is 11.3 Å². The summed E-state index contributed by atoms with van der Waals surface area (Å²) in [4.78, 5) is 14.3. The summed E-state index contributed by atoms with van der Waals surface area (Å²) >= 11 is 0.730. The van der Waals surface area contributed by atoms with Crippen molar-refractivity contribution in [2.24, 2.45) is 0 Å². The Kier molecular flexibility index (Phi) is 3.05. The van der Waals surface area contributed by atoms with E-state index in [1.54, 1.807) is 6.92 Å². The Morgan fingerprint density at radius 3 is 2.83 bits per heavy atom. The smallest absolute Gasteiger partial charge is 0.356 e. The zero-order valence-corrected chi connectivity index (χ0v) is 10.7. The van der Waals surface area contributed by atoms with E-state index in [4.69, 9.17) is 5.11 Å². The van der Waals surface area contributed by atoms with Crippen LogP contribution in [-0.2, 0) is 10.0 Å². The molecule has 0 spiro atoms. The number of aromatic amines is 1. The number of carbonyl (C=O) groups is 1. The lowest BCUT2D eigenvalue weighted by Crippen LogP contribution is -2.15. The first-order chi connectivity index (χ1) is 8.40. The van der Waals surface area contributed by atoms with Crippen molar-refractivity contribution in [2.75, 3.05) is 4.72 Å². The molecule has 0 aliphatic carbocycles. The zero-order valence-electron chi connectivity index (χ0n) is 9.04. The highest BCUT2D eigenvalue weighted by Crippen LogP contribution is 2.22. The Bertz CT molecular complexity index is 688. The molecule has 0 radical (unpaired) electrons. The second-order valence-electron chi connectivity index (χ2n) is 3.34. The maximum atomic E-state index is 11.9. The lowest BCUT2D eigenvalue weighted by Gasteiger charge is -2.02. The normalized spacial score (nSPS) is 11.4. The van der Waals surface area contributed by atoms with Crippen LogP contribution < -0.4 is 4.72 Å². The van der Waals surface area contributed by atoms with Gasteiger partial charge in [0.15, 0.2) is 15.7 Å². The van der Waals surface area contributed by atoms with Gasteiger partial charge in [-0.3, -0.25) is 9.82 Å². The SMILES string of the molecule is Cc1cc(NS(=O)(=O)c2scnc2C(=O)O)n[nH]1. The molecule has 0 aliphatic heterocycles. The maximum absolute atomic E-state index is 11.9. The van der Waals surface area contributed by atoms with Gasteiger partial charge in [0, 0.05) is 11.8 Å². The van der Waals surface area contributed by atoms with Gasteiger partial charge in [-0.25, -0.2) is 18.2 Å². The molecule has 2 rings (SSSR count). The third kappa shape index (κ3) is 2.33. The molecule has 10 heteroatoms. The fourth-order valence-electron chi connectivity index (χ4n) is 1.22. The lowest BCUT2D eigenvalue weighted by molar-refractivity contribution is 0.0687. The van der Waals surface area contributed by atoms with Crippen molar-refractivity contribution in [2.45, 2.75) is 11.1 Å². The number of nitrogens with one attached hydrogen (secondary N) is 2. The summed E-state index contributed by atoms with van der Waals surface area (Å²) in [5.41, 5.74) is 1.34. The number of hydrogen-bond donors (Lipinski definition) is 3. The van der Waals surface area contributed by atoms with Crippen LogP contribution in [0.5, 0.6) is 0 Å². The molecule has 0 fully saturated rings. The Hall–Kier alpha value is -1.94. The summed E-state index contributed by atoms with van der Waals surface area (Å²) in [6.45, 7) is 1.71. The van der Waals surface area contributed by atoms with Crippen LogP contribution in [0.1, 0.15) is 16.2 Å². The number of aryl methyl sites for hydroxylation is 1. The van der Waals surface area contributed by atoms with Gasteiger partial charge in [0.2, 0.25) is 0 Å². The predicted octanol–water partition coefficient (Wildman–Crippen LogP) is 0.674. The molecule has 0 amide bonds. The first-order valence-electron chi connectivity index (χ1n) is 4.62. The number of aromatic nitrogens is 3. The van der Waals surface area contributed by atoms with Crippen LogP contribution in [0.15, 0.2) is 15.8 Å². The van der Waals surface area contributed by atoms with Crippen molar-refractivity contribution >= 4 is 33.1 Å². The highest BCUT2D eigenvalue weighted by molar-refractivity contribution is 7.94. The molecule has 0 aliphatic rings. The van der Waals surface area contributed by atoms with E-state index in [1.165, 1.54) is 6.07 Å². The molecule has 2 aromatic heterocycles. The fourth-order valence-corrected chi connectivity index (χ4v) is 3.36. The minimum absolute atomic E-state index is 0.0947. The fraction of sp³-hybridized carbons (Fsp3) is 0.125. The molecule has 0 unspecified atom stereocenters. The summed E-state index contributed by atoms with van der Waals surface area (Å²) in [7, 11) is -3.99.